The van der Waals surface area contributed by atoms with Gasteiger partial charge in [0.1, 0.15) is 5.60 Å². The van der Waals surface area contributed by atoms with Crippen molar-refractivity contribution < 1.29 is 14.3 Å². The molecule has 160 valence electrons. The van der Waals surface area contributed by atoms with Crippen molar-refractivity contribution in [2.75, 3.05) is 39.3 Å². The van der Waals surface area contributed by atoms with Crippen LogP contribution in [0.25, 0.3) is 0 Å². The third-order valence-corrected chi connectivity index (χ3v) is 5.68. The van der Waals surface area contributed by atoms with Crippen LogP contribution in [0.2, 0.25) is 0 Å². The number of carbonyl (C=O) groups excluding carboxylic acids is 1. The first kappa shape index (κ1) is 21.2. The Morgan fingerprint density at radius 2 is 2.00 bits per heavy atom. The first-order valence-corrected chi connectivity index (χ1v) is 10.7. The lowest BCUT2D eigenvalue weighted by Gasteiger charge is -2.41. The van der Waals surface area contributed by atoms with Gasteiger partial charge in [0.25, 0.3) is 0 Å². The summed E-state index contributed by atoms with van der Waals surface area (Å²) in [5, 5.41) is 3.60. The van der Waals surface area contributed by atoms with Crippen molar-refractivity contribution in [3.05, 3.63) is 0 Å². The van der Waals surface area contributed by atoms with Gasteiger partial charge < -0.3 is 24.6 Å². The number of amides is 1. The van der Waals surface area contributed by atoms with Crippen LogP contribution in [-0.2, 0) is 9.47 Å². The molecule has 0 radical (unpaired) electrons. The predicted molar refractivity (Wildman–Crippen MR) is 111 cm³/mol. The van der Waals surface area contributed by atoms with Crippen molar-refractivity contribution in [2.24, 2.45) is 16.3 Å². The Morgan fingerprint density at radius 3 is 2.68 bits per heavy atom. The smallest absolute Gasteiger partial charge is 0.410 e. The Kier molecular flexibility index (Phi) is 6.13. The van der Waals surface area contributed by atoms with E-state index in [1.54, 1.807) is 0 Å². The molecule has 28 heavy (non-hydrogen) atoms. The van der Waals surface area contributed by atoms with E-state index in [2.05, 4.69) is 31.0 Å². The van der Waals surface area contributed by atoms with E-state index in [-0.39, 0.29) is 23.7 Å². The zero-order valence-electron chi connectivity index (χ0n) is 18.5. The molecule has 3 heterocycles. The molecular formula is C21H38N4O3. The maximum absolute atomic E-state index is 12.4. The molecule has 0 aromatic carbocycles. The van der Waals surface area contributed by atoms with Gasteiger partial charge in [-0.2, -0.15) is 0 Å². The minimum atomic E-state index is -0.460. The van der Waals surface area contributed by atoms with Crippen molar-refractivity contribution in [2.45, 2.75) is 72.1 Å². The zero-order chi connectivity index (χ0) is 20.5. The molecule has 0 saturated carbocycles. The van der Waals surface area contributed by atoms with Crippen molar-refractivity contribution in [3.63, 3.8) is 0 Å². The maximum atomic E-state index is 12.4. The van der Waals surface area contributed by atoms with Crippen molar-refractivity contribution in [3.8, 4) is 0 Å². The molecule has 1 N–H and O–H groups in total. The number of rotatable bonds is 2. The summed E-state index contributed by atoms with van der Waals surface area (Å²) in [5.74, 6) is 1.48. The lowest BCUT2D eigenvalue weighted by Crippen LogP contribution is -2.58. The number of carbonyl (C=O) groups is 1. The largest absolute Gasteiger partial charge is 0.444 e. The van der Waals surface area contributed by atoms with Gasteiger partial charge in [-0.15, -0.1) is 0 Å². The molecule has 7 heteroatoms. The van der Waals surface area contributed by atoms with Gasteiger partial charge in [-0.1, -0.05) is 20.8 Å². The maximum Gasteiger partial charge on any atom is 0.410 e. The van der Waals surface area contributed by atoms with E-state index in [0.717, 1.165) is 38.6 Å². The molecule has 0 aliphatic carbocycles. The average molecular weight is 395 g/mol. The van der Waals surface area contributed by atoms with Crippen LogP contribution in [0, 0.1) is 11.3 Å². The van der Waals surface area contributed by atoms with Gasteiger partial charge in [-0.25, -0.2) is 4.79 Å². The van der Waals surface area contributed by atoms with E-state index in [9.17, 15) is 4.79 Å². The Balaban J connectivity index is 1.51. The first-order valence-electron chi connectivity index (χ1n) is 10.7. The Bertz CT molecular complexity index is 593. The number of fused-ring (bicyclic) bond motifs is 1. The van der Waals surface area contributed by atoms with Crippen molar-refractivity contribution >= 4 is 12.1 Å². The molecule has 0 bridgehead atoms. The van der Waals surface area contributed by atoms with Crippen molar-refractivity contribution in [1.29, 1.82) is 0 Å². The Hall–Kier alpha value is -1.50. The van der Waals surface area contributed by atoms with Gasteiger partial charge in [0, 0.05) is 38.7 Å². The minimum absolute atomic E-state index is 0.145. The van der Waals surface area contributed by atoms with Crippen molar-refractivity contribution in [1.82, 2.24) is 15.1 Å². The van der Waals surface area contributed by atoms with Crippen LogP contribution in [0.4, 0.5) is 4.79 Å². The molecule has 2 fully saturated rings. The zero-order valence-corrected chi connectivity index (χ0v) is 18.5. The van der Waals surface area contributed by atoms with E-state index >= 15 is 0 Å². The number of nitrogens with one attached hydrogen (secondary N) is 1. The molecule has 3 rings (SSSR count). The summed E-state index contributed by atoms with van der Waals surface area (Å²) in [6.07, 6.45) is 2.37. The second-order valence-electron chi connectivity index (χ2n) is 10.4. The van der Waals surface area contributed by atoms with Gasteiger partial charge in [-0.05, 0) is 39.0 Å². The quantitative estimate of drug-likeness (QED) is 0.780. The molecular weight excluding hydrogens is 356 g/mol. The lowest BCUT2D eigenvalue weighted by molar-refractivity contribution is -0.0836. The summed E-state index contributed by atoms with van der Waals surface area (Å²) in [6, 6.07) is 0.241. The number of hydrogen-bond donors (Lipinski definition) is 1. The fourth-order valence-electron chi connectivity index (χ4n) is 4.45. The molecule has 1 amide bonds. The lowest BCUT2D eigenvalue weighted by atomic mass is 9.78. The van der Waals surface area contributed by atoms with Crippen LogP contribution in [0.5, 0.6) is 0 Å². The number of piperazine rings is 1. The minimum Gasteiger partial charge on any atom is -0.444 e. The normalized spacial score (nSPS) is 28.6. The van der Waals surface area contributed by atoms with E-state index in [0.29, 0.717) is 19.0 Å². The summed E-state index contributed by atoms with van der Waals surface area (Å²) in [5.41, 5.74) is -0.315. The van der Waals surface area contributed by atoms with E-state index < -0.39 is 5.60 Å². The SMILES string of the molecule is CC(C)(C)OC(=O)N1CCN2C(NCC3CCCOC3C(C)(C)C)=NCC2C1. The van der Waals surface area contributed by atoms with Crippen LogP contribution < -0.4 is 5.32 Å². The summed E-state index contributed by atoms with van der Waals surface area (Å²) < 4.78 is 11.6. The fraction of sp³-hybridized carbons (Fsp3) is 0.905. The number of guanidine groups is 1. The number of ether oxygens (including phenoxy) is 2. The summed E-state index contributed by atoms with van der Waals surface area (Å²) in [4.78, 5) is 21.2. The second kappa shape index (κ2) is 8.09. The van der Waals surface area contributed by atoms with E-state index in [4.69, 9.17) is 14.5 Å². The predicted octanol–water partition coefficient (Wildman–Crippen LogP) is 2.71. The average Bonchev–Trinajstić information content (AvgIpc) is 3.00. The molecule has 0 aromatic heterocycles. The second-order valence-corrected chi connectivity index (χ2v) is 10.4. The number of nitrogens with zero attached hydrogens (tertiary/aromatic N) is 3. The van der Waals surface area contributed by atoms with Gasteiger partial charge in [0.2, 0.25) is 0 Å². The van der Waals surface area contributed by atoms with Crippen LogP contribution in [0.1, 0.15) is 54.4 Å². The molecule has 2 saturated heterocycles. The van der Waals surface area contributed by atoms with Crippen LogP contribution in [-0.4, -0.2) is 78.9 Å². The third kappa shape index (κ3) is 5.10. The first-order chi connectivity index (χ1) is 13.0. The molecule has 3 aliphatic rings. The summed E-state index contributed by atoms with van der Waals surface area (Å²) in [6.45, 7) is 17.1. The van der Waals surface area contributed by atoms with E-state index in [1.165, 1.54) is 6.42 Å². The fourth-order valence-corrected chi connectivity index (χ4v) is 4.45. The van der Waals surface area contributed by atoms with Gasteiger partial charge in [-0.3, -0.25) is 4.99 Å². The van der Waals surface area contributed by atoms with Crippen LogP contribution >= 0.6 is 0 Å². The summed E-state index contributed by atoms with van der Waals surface area (Å²) in [7, 11) is 0. The highest BCUT2D eigenvalue weighted by atomic mass is 16.6. The van der Waals surface area contributed by atoms with Gasteiger partial charge >= 0.3 is 6.09 Å². The number of aliphatic imine (C=N–C) groups is 1. The number of hydrogen-bond acceptors (Lipinski definition) is 6. The molecule has 3 aliphatic heterocycles. The monoisotopic (exact) mass is 394 g/mol. The molecule has 7 nitrogen and oxygen atoms in total. The topological polar surface area (TPSA) is 66.4 Å². The molecule has 3 unspecified atom stereocenters. The molecule has 0 aromatic rings. The molecule has 3 atom stereocenters. The van der Waals surface area contributed by atoms with Crippen LogP contribution in [0.3, 0.4) is 0 Å². The highest BCUT2D eigenvalue weighted by Crippen LogP contribution is 2.33. The molecule has 0 spiro atoms. The standard InChI is InChI=1S/C21H38N4O3/c1-20(2,3)17-15(8-7-11-27-17)12-22-18-23-13-16-14-24(9-10-25(16)18)19(26)28-21(4,5)6/h15-17H,7-14H2,1-6H3,(H,22,23). The van der Waals surface area contributed by atoms with Gasteiger partial charge in [0.15, 0.2) is 5.96 Å². The van der Waals surface area contributed by atoms with Crippen LogP contribution in [0.15, 0.2) is 4.99 Å². The summed E-state index contributed by atoms with van der Waals surface area (Å²) >= 11 is 0. The Labute approximate surface area is 169 Å². The Morgan fingerprint density at radius 1 is 1.25 bits per heavy atom. The third-order valence-electron chi connectivity index (χ3n) is 5.68. The van der Waals surface area contributed by atoms with E-state index in [1.807, 2.05) is 25.7 Å². The van der Waals surface area contributed by atoms with Gasteiger partial charge in [0.05, 0.1) is 18.7 Å². The highest BCUT2D eigenvalue weighted by Gasteiger charge is 2.38. The highest BCUT2D eigenvalue weighted by molar-refractivity contribution is 5.82.